The summed E-state index contributed by atoms with van der Waals surface area (Å²) in [6.07, 6.45) is 1.00. The van der Waals surface area contributed by atoms with Crippen LogP contribution in [0.15, 0.2) is 35.4 Å². The summed E-state index contributed by atoms with van der Waals surface area (Å²) < 4.78 is 10.6. The highest BCUT2D eigenvalue weighted by molar-refractivity contribution is 6.26. The van der Waals surface area contributed by atoms with Crippen LogP contribution in [-0.2, 0) is 19.1 Å². The van der Waals surface area contributed by atoms with Crippen LogP contribution in [0.5, 0.6) is 0 Å². The van der Waals surface area contributed by atoms with Gasteiger partial charge in [-0.2, -0.15) is 5.10 Å². The second kappa shape index (κ2) is 12.3. The molecule has 0 spiro atoms. The molecular weight excluding hydrogens is 384 g/mol. The van der Waals surface area contributed by atoms with Crippen molar-refractivity contribution in [3.05, 3.63) is 30.3 Å². The minimum Gasteiger partial charge on any atom is -0.354 e. The number of carbonyl (C=O) groups excluding carboxylic acids is 2. The number of ether oxygens (including phenoxy) is 2. The minimum atomic E-state index is -0.687. The number of para-hydroxylation sites is 1. The number of carbonyl (C=O) groups is 2. The van der Waals surface area contributed by atoms with Crippen LogP contribution >= 0.6 is 0 Å². The Kier molecular flexibility index (Phi) is 10.5. The molecule has 0 bridgehead atoms. The first-order valence-corrected chi connectivity index (χ1v) is 10.1. The Morgan fingerprint density at radius 3 is 2.23 bits per heavy atom. The fourth-order valence-corrected chi connectivity index (χ4v) is 2.80. The minimum absolute atomic E-state index is 0.0954. The Morgan fingerprint density at radius 1 is 1.13 bits per heavy atom. The molecule has 2 N–H and O–H groups in total. The van der Waals surface area contributed by atoms with Crippen LogP contribution in [0.3, 0.4) is 0 Å². The first kappa shape index (κ1) is 25.6. The number of hydrazone groups is 1. The van der Waals surface area contributed by atoms with E-state index in [0.717, 1.165) is 5.69 Å². The van der Waals surface area contributed by atoms with Gasteiger partial charge >= 0.3 is 0 Å². The first-order chi connectivity index (χ1) is 14.1. The number of rotatable bonds is 11. The number of benzene rings is 1. The van der Waals surface area contributed by atoms with Crippen molar-refractivity contribution in [3.8, 4) is 0 Å². The maximum Gasteiger partial charge on any atom is 0.267 e. The molecule has 1 atom stereocenters. The van der Waals surface area contributed by atoms with E-state index in [0.29, 0.717) is 6.42 Å². The SMILES string of the molecule is COC(CN(C(=O)/C=N/Nc1ccccc1)C(CC(C)C)C(=O)NC(C)(C)C)OC. The lowest BCUT2D eigenvalue weighted by atomic mass is 9.99. The van der Waals surface area contributed by atoms with Gasteiger partial charge in [0.05, 0.1) is 12.2 Å². The molecule has 1 rings (SSSR count). The summed E-state index contributed by atoms with van der Waals surface area (Å²) in [5.74, 6) is -0.439. The fraction of sp³-hybridized carbons (Fsp3) is 0.591. The predicted molar refractivity (Wildman–Crippen MR) is 119 cm³/mol. The van der Waals surface area contributed by atoms with Gasteiger partial charge in [0.2, 0.25) is 5.91 Å². The highest BCUT2D eigenvalue weighted by Gasteiger charge is 2.33. The molecule has 1 aromatic rings. The van der Waals surface area contributed by atoms with Crippen LogP contribution in [0, 0.1) is 5.92 Å². The van der Waals surface area contributed by atoms with Gasteiger partial charge in [-0.15, -0.1) is 0 Å². The Labute approximate surface area is 180 Å². The van der Waals surface area contributed by atoms with E-state index in [1.54, 1.807) is 0 Å². The van der Waals surface area contributed by atoms with Crippen LogP contribution in [0.4, 0.5) is 5.69 Å². The summed E-state index contributed by atoms with van der Waals surface area (Å²) in [6, 6.07) is 8.61. The normalized spacial score (nSPS) is 13.0. The molecule has 0 aromatic heterocycles. The van der Waals surface area contributed by atoms with Crippen molar-refractivity contribution in [2.24, 2.45) is 11.0 Å². The average Bonchev–Trinajstić information content (AvgIpc) is 2.66. The Hall–Kier alpha value is -2.45. The summed E-state index contributed by atoms with van der Waals surface area (Å²) in [5, 5.41) is 7.01. The van der Waals surface area contributed by atoms with Gasteiger partial charge in [0.15, 0.2) is 6.29 Å². The lowest BCUT2D eigenvalue weighted by molar-refractivity contribution is -0.150. The average molecular weight is 421 g/mol. The number of hydrogen-bond donors (Lipinski definition) is 2. The summed E-state index contributed by atoms with van der Waals surface area (Å²) >= 11 is 0. The molecule has 0 fully saturated rings. The van der Waals surface area contributed by atoms with Crippen LogP contribution < -0.4 is 10.7 Å². The molecule has 0 saturated carbocycles. The van der Waals surface area contributed by atoms with Gasteiger partial charge in [-0.05, 0) is 45.2 Å². The van der Waals surface area contributed by atoms with Crippen LogP contribution in [0.25, 0.3) is 0 Å². The zero-order chi connectivity index (χ0) is 22.7. The topological polar surface area (TPSA) is 92.3 Å². The number of hydrogen-bond acceptors (Lipinski definition) is 6. The highest BCUT2D eigenvalue weighted by atomic mass is 16.7. The van der Waals surface area contributed by atoms with Gasteiger partial charge in [-0.1, -0.05) is 32.0 Å². The Balaban J connectivity index is 3.11. The van der Waals surface area contributed by atoms with E-state index in [-0.39, 0.29) is 18.4 Å². The van der Waals surface area contributed by atoms with Gasteiger partial charge in [0.1, 0.15) is 12.3 Å². The molecule has 0 aliphatic rings. The molecule has 0 aliphatic carbocycles. The molecule has 8 nitrogen and oxygen atoms in total. The first-order valence-electron chi connectivity index (χ1n) is 10.1. The molecule has 168 valence electrons. The quantitative estimate of drug-likeness (QED) is 0.326. The smallest absolute Gasteiger partial charge is 0.267 e. The third-order valence-corrected chi connectivity index (χ3v) is 4.17. The van der Waals surface area contributed by atoms with Crippen LogP contribution in [0.2, 0.25) is 0 Å². The second-order valence-corrected chi connectivity index (χ2v) is 8.51. The van der Waals surface area contributed by atoms with Crippen molar-refractivity contribution in [1.29, 1.82) is 0 Å². The van der Waals surface area contributed by atoms with E-state index in [9.17, 15) is 9.59 Å². The van der Waals surface area contributed by atoms with Gasteiger partial charge in [0.25, 0.3) is 5.91 Å². The Morgan fingerprint density at radius 2 is 1.73 bits per heavy atom. The van der Waals surface area contributed by atoms with E-state index < -0.39 is 23.8 Å². The van der Waals surface area contributed by atoms with Crippen molar-refractivity contribution in [1.82, 2.24) is 10.2 Å². The molecule has 1 unspecified atom stereocenters. The van der Waals surface area contributed by atoms with E-state index in [4.69, 9.17) is 9.47 Å². The van der Waals surface area contributed by atoms with E-state index in [1.807, 2.05) is 65.0 Å². The largest absolute Gasteiger partial charge is 0.354 e. The number of amides is 2. The Bertz CT molecular complexity index is 682. The third kappa shape index (κ3) is 9.37. The van der Waals surface area contributed by atoms with Crippen molar-refractivity contribution in [2.45, 2.75) is 58.9 Å². The lowest BCUT2D eigenvalue weighted by Crippen LogP contribution is -2.56. The van der Waals surface area contributed by atoms with Gasteiger partial charge in [0, 0.05) is 19.8 Å². The van der Waals surface area contributed by atoms with Crippen molar-refractivity contribution in [2.75, 3.05) is 26.2 Å². The summed E-state index contributed by atoms with van der Waals surface area (Å²) in [7, 11) is 2.99. The summed E-state index contributed by atoms with van der Waals surface area (Å²) in [5.41, 5.74) is 3.15. The lowest BCUT2D eigenvalue weighted by Gasteiger charge is -2.35. The third-order valence-electron chi connectivity index (χ3n) is 4.17. The number of nitrogens with zero attached hydrogens (tertiary/aromatic N) is 2. The van der Waals surface area contributed by atoms with Crippen molar-refractivity contribution >= 4 is 23.7 Å². The van der Waals surface area contributed by atoms with Crippen molar-refractivity contribution < 1.29 is 19.1 Å². The van der Waals surface area contributed by atoms with Crippen molar-refractivity contribution in [3.63, 3.8) is 0 Å². The van der Waals surface area contributed by atoms with Gasteiger partial charge in [-0.25, -0.2) is 0 Å². The number of methoxy groups -OCH3 is 2. The number of nitrogens with one attached hydrogen (secondary N) is 2. The molecule has 8 heteroatoms. The van der Waals surface area contributed by atoms with Gasteiger partial charge in [-0.3, -0.25) is 15.0 Å². The molecule has 0 radical (unpaired) electrons. The molecule has 0 aliphatic heterocycles. The highest BCUT2D eigenvalue weighted by Crippen LogP contribution is 2.16. The van der Waals surface area contributed by atoms with E-state index >= 15 is 0 Å². The molecular formula is C22H36N4O4. The molecule has 0 heterocycles. The molecule has 30 heavy (non-hydrogen) atoms. The summed E-state index contributed by atoms with van der Waals surface area (Å²) in [6.45, 7) is 9.83. The van der Waals surface area contributed by atoms with Crippen LogP contribution in [0.1, 0.15) is 41.0 Å². The second-order valence-electron chi connectivity index (χ2n) is 8.51. The number of anilines is 1. The molecule has 2 amide bonds. The zero-order valence-corrected chi connectivity index (χ0v) is 19.1. The molecule has 0 saturated heterocycles. The monoisotopic (exact) mass is 420 g/mol. The maximum absolute atomic E-state index is 13.0. The standard InChI is InChI=1S/C22H36N4O4/c1-16(2)13-18(21(28)24-22(3,4)5)26(15-20(29-6)30-7)19(27)14-23-25-17-11-9-8-10-12-17/h8-12,14,16,18,20,25H,13,15H2,1-7H3,(H,24,28)/b23-14+. The zero-order valence-electron chi connectivity index (χ0n) is 19.1. The van der Waals surface area contributed by atoms with Gasteiger partial charge < -0.3 is 19.7 Å². The van der Waals surface area contributed by atoms with Crippen LogP contribution in [-0.4, -0.2) is 61.6 Å². The maximum atomic E-state index is 13.0. The summed E-state index contributed by atoms with van der Waals surface area (Å²) in [4.78, 5) is 27.5. The molecule has 1 aromatic carbocycles. The predicted octanol–water partition coefficient (Wildman–Crippen LogP) is 2.86. The van der Waals surface area contributed by atoms with E-state index in [2.05, 4.69) is 15.8 Å². The van der Waals surface area contributed by atoms with E-state index in [1.165, 1.54) is 25.3 Å². The fourth-order valence-electron chi connectivity index (χ4n) is 2.80.